The number of amides is 1. The zero-order valence-corrected chi connectivity index (χ0v) is 12.4. The quantitative estimate of drug-likeness (QED) is 0.880. The summed E-state index contributed by atoms with van der Waals surface area (Å²) in [6, 6.07) is 11.6. The number of halogens is 1. The molecule has 0 fully saturated rings. The van der Waals surface area contributed by atoms with Gasteiger partial charge in [-0.15, -0.1) is 0 Å². The average molecular weight is 304 g/mol. The average Bonchev–Trinajstić information content (AvgIpc) is 2.47. The third-order valence-electron chi connectivity index (χ3n) is 3.00. The molecule has 2 aromatic rings. The van der Waals surface area contributed by atoms with Crippen LogP contribution in [0.2, 0.25) is 5.02 Å². The second-order valence-corrected chi connectivity index (χ2v) is 4.92. The molecule has 21 heavy (non-hydrogen) atoms. The molecule has 0 saturated heterocycles. The van der Waals surface area contributed by atoms with Crippen LogP contribution < -0.4 is 5.32 Å². The maximum Gasteiger partial charge on any atom is 0.337 e. The summed E-state index contributed by atoms with van der Waals surface area (Å²) in [5.74, 6) is -0.642. The van der Waals surface area contributed by atoms with Crippen molar-refractivity contribution >= 4 is 29.2 Å². The Hall–Kier alpha value is -2.33. The van der Waals surface area contributed by atoms with Gasteiger partial charge in [-0.05, 0) is 55.0 Å². The van der Waals surface area contributed by atoms with E-state index in [9.17, 15) is 9.59 Å². The van der Waals surface area contributed by atoms with Crippen LogP contribution in [0.1, 0.15) is 26.3 Å². The van der Waals surface area contributed by atoms with Crippen molar-refractivity contribution in [1.82, 2.24) is 0 Å². The lowest BCUT2D eigenvalue weighted by Crippen LogP contribution is -2.13. The highest BCUT2D eigenvalue weighted by molar-refractivity contribution is 6.30. The zero-order valence-electron chi connectivity index (χ0n) is 11.6. The van der Waals surface area contributed by atoms with Crippen molar-refractivity contribution in [1.29, 1.82) is 0 Å². The Labute approximate surface area is 127 Å². The summed E-state index contributed by atoms with van der Waals surface area (Å²) in [5, 5.41) is 3.36. The molecule has 0 aliphatic rings. The predicted octanol–water partition coefficient (Wildman–Crippen LogP) is 3.69. The number of aryl methyl sites for hydroxylation is 1. The molecule has 0 bridgehead atoms. The van der Waals surface area contributed by atoms with E-state index in [-0.39, 0.29) is 5.91 Å². The summed E-state index contributed by atoms with van der Waals surface area (Å²) in [7, 11) is 1.32. The van der Waals surface area contributed by atoms with Gasteiger partial charge in [-0.1, -0.05) is 11.6 Å². The van der Waals surface area contributed by atoms with E-state index in [1.54, 1.807) is 42.5 Å². The second kappa shape index (κ2) is 6.41. The minimum absolute atomic E-state index is 0.227. The molecule has 0 atom stereocenters. The van der Waals surface area contributed by atoms with Crippen molar-refractivity contribution < 1.29 is 14.3 Å². The molecule has 1 N–H and O–H groups in total. The maximum absolute atomic E-state index is 12.2. The Morgan fingerprint density at radius 1 is 1.10 bits per heavy atom. The lowest BCUT2D eigenvalue weighted by Gasteiger charge is -2.08. The number of esters is 1. The SMILES string of the molecule is COC(=O)c1ccc(NC(=O)c2ccc(Cl)cc2C)cc1. The topological polar surface area (TPSA) is 55.4 Å². The van der Waals surface area contributed by atoms with Crippen LogP contribution in [0.5, 0.6) is 0 Å². The third kappa shape index (κ3) is 3.61. The summed E-state index contributed by atoms with van der Waals surface area (Å²) in [6.07, 6.45) is 0. The Balaban J connectivity index is 2.14. The number of anilines is 1. The molecule has 5 heteroatoms. The van der Waals surface area contributed by atoms with E-state index < -0.39 is 5.97 Å². The highest BCUT2D eigenvalue weighted by Gasteiger charge is 2.10. The van der Waals surface area contributed by atoms with Gasteiger partial charge in [0.2, 0.25) is 0 Å². The van der Waals surface area contributed by atoms with Crippen LogP contribution in [0.15, 0.2) is 42.5 Å². The number of carbonyl (C=O) groups excluding carboxylic acids is 2. The van der Waals surface area contributed by atoms with Crippen molar-refractivity contribution in [3.05, 3.63) is 64.2 Å². The van der Waals surface area contributed by atoms with Gasteiger partial charge in [0.1, 0.15) is 0 Å². The molecule has 0 spiro atoms. The standard InChI is InChI=1S/C16H14ClNO3/c1-10-9-12(17)5-8-14(10)15(19)18-13-6-3-11(4-7-13)16(20)21-2/h3-9H,1-2H3,(H,18,19). The van der Waals surface area contributed by atoms with Crippen molar-refractivity contribution in [2.45, 2.75) is 6.92 Å². The second-order valence-electron chi connectivity index (χ2n) is 4.48. The molecule has 0 aliphatic heterocycles. The van der Waals surface area contributed by atoms with Crippen LogP contribution in [0.3, 0.4) is 0 Å². The van der Waals surface area contributed by atoms with Crippen LogP contribution in [-0.4, -0.2) is 19.0 Å². The van der Waals surface area contributed by atoms with E-state index in [0.29, 0.717) is 21.8 Å². The summed E-state index contributed by atoms with van der Waals surface area (Å²) in [4.78, 5) is 23.5. The molecule has 108 valence electrons. The van der Waals surface area contributed by atoms with Gasteiger partial charge in [0.25, 0.3) is 5.91 Å². The molecule has 0 radical (unpaired) electrons. The number of rotatable bonds is 3. The molecule has 2 aromatic carbocycles. The first-order chi connectivity index (χ1) is 10.0. The van der Waals surface area contributed by atoms with E-state index in [2.05, 4.69) is 10.1 Å². The summed E-state index contributed by atoms with van der Waals surface area (Å²) in [5.41, 5.74) is 2.38. The lowest BCUT2D eigenvalue weighted by molar-refractivity contribution is 0.0600. The Morgan fingerprint density at radius 3 is 2.33 bits per heavy atom. The van der Waals surface area contributed by atoms with Crippen molar-refractivity contribution in [2.75, 3.05) is 12.4 Å². The number of benzene rings is 2. The smallest absolute Gasteiger partial charge is 0.337 e. The predicted molar refractivity (Wildman–Crippen MR) is 81.9 cm³/mol. The van der Waals surface area contributed by atoms with E-state index in [1.807, 2.05) is 6.92 Å². The van der Waals surface area contributed by atoms with Crippen LogP contribution in [-0.2, 0) is 4.74 Å². The first-order valence-electron chi connectivity index (χ1n) is 6.27. The number of hydrogen-bond donors (Lipinski definition) is 1. The van der Waals surface area contributed by atoms with E-state index >= 15 is 0 Å². The van der Waals surface area contributed by atoms with Gasteiger partial charge in [0, 0.05) is 16.3 Å². The Bertz CT molecular complexity index is 680. The molecular formula is C16H14ClNO3. The number of methoxy groups -OCH3 is 1. The normalized spacial score (nSPS) is 10.0. The number of ether oxygens (including phenoxy) is 1. The first-order valence-corrected chi connectivity index (χ1v) is 6.65. The van der Waals surface area contributed by atoms with Crippen molar-refractivity contribution in [3.63, 3.8) is 0 Å². The molecule has 2 rings (SSSR count). The largest absolute Gasteiger partial charge is 0.465 e. The van der Waals surface area contributed by atoms with Crippen LogP contribution in [0.25, 0.3) is 0 Å². The van der Waals surface area contributed by atoms with Crippen LogP contribution >= 0.6 is 11.6 Å². The lowest BCUT2D eigenvalue weighted by atomic mass is 10.1. The van der Waals surface area contributed by atoms with Gasteiger partial charge in [-0.3, -0.25) is 4.79 Å². The molecule has 0 aliphatic carbocycles. The van der Waals surface area contributed by atoms with E-state index in [1.165, 1.54) is 7.11 Å². The fourth-order valence-corrected chi connectivity index (χ4v) is 2.11. The molecule has 0 heterocycles. The fraction of sp³-hybridized carbons (Fsp3) is 0.125. The van der Waals surface area contributed by atoms with Crippen LogP contribution in [0.4, 0.5) is 5.69 Å². The van der Waals surface area contributed by atoms with Gasteiger partial charge >= 0.3 is 5.97 Å². The zero-order chi connectivity index (χ0) is 15.4. The van der Waals surface area contributed by atoms with Crippen LogP contribution in [0, 0.1) is 6.92 Å². The molecule has 0 unspecified atom stereocenters. The first kappa shape index (κ1) is 15.1. The van der Waals surface area contributed by atoms with Gasteiger partial charge in [0.05, 0.1) is 12.7 Å². The fourth-order valence-electron chi connectivity index (χ4n) is 1.89. The number of carbonyl (C=O) groups is 2. The van der Waals surface area contributed by atoms with Gasteiger partial charge < -0.3 is 10.1 Å². The summed E-state index contributed by atoms with van der Waals surface area (Å²) >= 11 is 5.87. The molecule has 0 aromatic heterocycles. The van der Waals surface area contributed by atoms with E-state index in [0.717, 1.165) is 5.56 Å². The van der Waals surface area contributed by atoms with Crippen molar-refractivity contribution in [2.24, 2.45) is 0 Å². The molecule has 4 nitrogen and oxygen atoms in total. The molecule has 1 amide bonds. The maximum atomic E-state index is 12.2. The number of hydrogen-bond acceptors (Lipinski definition) is 3. The highest BCUT2D eigenvalue weighted by atomic mass is 35.5. The highest BCUT2D eigenvalue weighted by Crippen LogP contribution is 2.17. The third-order valence-corrected chi connectivity index (χ3v) is 3.23. The monoisotopic (exact) mass is 303 g/mol. The summed E-state index contributed by atoms with van der Waals surface area (Å²) < 4.78 is 4.61. The van der Waals surface area contributed by atoms with Gasteiger partial charge in [-0.2, -0.15) is 0 Å². The van der Waals surface area contributed by atoms with Gasteiger partial charge in [0.15, 0.2) is 0 Å². The number of nitrogens with one attached hydrogen (secondary N) is 1. The van der Waals surface area contributed by atoms with Crippen molar-refractivity contribution in [3.8, 4) is 0 Å². The van der Waals surface area contributed by atoms with Gasteiger partial charge in [-0.25, -0.2) is 4.79 Å². The molecule has 0 saturated carbocycles. The van der Waals surface area contributed by atoms with E-state index in [4.69, 9.17) is 11.6 Å². The minimum atomic E-state index is -0.415. The Kier molecular flexibility index (Phi) is 4.60. The minimum Gasteiger partial charge on any atom is -0.465 e. The molecular weight excluding hydrogens is 290 g/mol. The Morgan fingerprint density at radius 2 is 1.76 bits per heavy atom. The summed E-state index contributed by atoms with van der Waals surface area (Å²) in [6.45, 7) is 1.82.